The Morgan fingerprint density at radius 2 is 2.13 bits per heavy atom. The summed E-state index contributed by atoms with van der Waals surface area (Å²) in [6, 6.07) is 0. The largest absolute Gasteiger partial charge is 0.306 e. The summed E-state index contributed by atoms with van der Waals surface area (Å²) in [5, 5.41) is 0. The summed E-state index contributed by atoms with van der Waals surface area (Å²) in [6.07, 6.45) is 6.10. The van der Waals surface area contributed by atoms with E-state index in [-0.39, 0.29) is 5.75 Å². The molecule has 90 valence electrons. The van der Waals surface area contributed by atoms with E-state index in [1.807, 2.05) is 6.08 Å². The summed E-state index contributed by atoms with van der Waals surface area (Å²) < 4.78 is 19.1. The fraction of sp³-hybridized carbons (Fsp3) is 0.818. The highest BCUT2D eigenvalue weighted by molar-refractivity contribution is 7.79. The van der Waals surface area contributed by atoms with E-state index < -0.39 is 11.1 Å². The zero-order valence-electron chi connectivity index (χ0n) is 9.98. The highest BCUT2D eigenvalue weighted by Crippen LogP contribution is 2.06. The van der Waals surface area contributed by atoms with Crippen LogP contribution in [0.2, 0.25) is 0 Å². The second-order valence-corrected chi connectivity index (χ2v) is 4.82. The number of nitrogens with zero attached hydrogens (tertiary/aromatic N) is 1. The molecule has 0 amide bonds. The Bertz CT molecular complexity index is 207. The molecular formula is C11H23NO2S. The maximum Gasteiger partial charge on any atom is 0.156 e. The van der Waals surface area contributed by atoms with Gasteiger partial charge < -0.3 is 9.45 Å². The molecule has 15 heavy (non-hydrogen) atoms. The molecule has 3 nitrogen and oxygen atoms in total. The average molecular weight is 233 g/mol. The molecule has 2 unspecified atom stereocenters. The molecular weight excluding hydrogens is 210 g/mol. The van der Waals surface area contributed by atoms with Crippen molar-refractivity contribution in [1.82, 2.24) is 4.90 Å². The Balaban J connectivity index is 3.91. The summed E-state index contributed by atoms with van der Waals surface area (Å²) in [4.78, 5) is 2.30. The lowest BCUT2D eigenvalue weighted by Crippen LogP contribution is -2.25. The molecule has 0 aromatic heterocycles. The quantitative estimate of drug-likeness (QED) is 0.516. The Labute approximate surface area is 95.8 Å². The molecule has 1 N–H and O–H groups in total. The Morgan fingerprint density at radius 1 is 1.47 bits per heavy atom. The molecule has 4 heteroatoms. The molecule has 0 aromatic rings. The normalized spacial score (nSPS) is 16.1. The van der Waals surface area contributed by atoms with E-state index in [4.69, 9.17) is 4.55 Å². The monoisotopic (exact) mass is 233 g/mol. The maximum atomic E-state index is 10.4. The molecule has 0 bridgehead atoms. The Morgan fingerprint density at radius 3 is 2.60 bits per heavy atom. The molecule has 0 rings (SSSR count). The van der Waals surface area contributed by atoms with Crippen molar-refractivity contribution in [2.24, 2.45) is 5.92 Å². The number of hydrogen-bond donors (Lipinski definition) is 1. The predicted octanol–water partition coefficient (Wildman–Crippen LogP) is 2.13. The molecule has 0 spiro atoms. The van der Waals surface area contributed by atoms with Gasteiger partial charge in [0.15, 0.2) is 11.1 Å². The summed E-state index contributed by atoms with van der Waals surface area (Å²) >= 11 is -1.70. The lowest BCUT2D eigenvalue weighted by Gasteiger charge is -2.20. The SMILES string of the molecule is CCCN(C)CC(/C=C\CS(=O)O)CC. The molecule has 0 aliphatic carbocycles. The smallest absolute Gasteiger partial charge is 0.156 e. The van der Waals surface area contributed by atoms with E-state index in [0.29, 0.717) is 5.92 Å². The van der Waals surface area contributed by atoms with E-state index in [2.05, 4.69) is 31.9 Å². The van der Waals surface area contributed by atoms with Gasteiger partial charge in [-0.05, 0) is 32.4 Å². The molecule has 2 atom stereocenters. The third-order valence-corrected chi connectivity index (χ3v) is 2.80. The van der Waals surface area contributed by atoms with Gasteiger partial charge in [-0.15, -0.1) is 0 Å². The van der Waals surface area contributed by atoms with Crippen LogP contribution in [0, 0.1) is 5.92 Å². The zero-order chi connectivity index (χ0) is 11.7. The van der Waals surface area contributed by atoms with Gasteiger partial charge in [0.2, 0.25) is 0 Å². The van der Waals surface area contributed by atoms with Crippen LogP contribution >= 0.6 is 0 Å². The highest BCUT2D eigenvalue weighted by Gasteiger charge is 2.05. The van der Waals surface area contributed by atoms with Gasteiger partial charge in [0.1, 0.15) is 0 Å². The third-order valence-electron chi connectivity index (χ3n) is 2.32. The van der Waals surface area contributed by atoms with Crippen molar-refractivity contribution in [3.63, 3.8) is 0 Å². The second-order valence-electron chi connectivity index (χ2n) is 3.85. The van der Waals surface area contributed by atoms with Crippen molar-refractivity contribution >= 4 is 11.1 Å². The van der Waals surface area contributed by atoms with Crippen LogP contribution in [-0.4, -0.2) is 39.6 Å². The van der Waals surface area contributed by atoms with Crippen molar-refractivity contribution in [3.05, 3.63) is 12.2 Å². The van der Waals surface area contributed by atoms with Crippen LogP contribution in [0.3, 0.4) is 0 Å². The van der Waals surface area contributed by atoms with Crippen LogP contribution < -0.4 is 0 Å². The van der Waals surface area contributed by atoms with Crippen molar-refractivity contribution < 1.29 is 8.76 Å². The highest BCUT2D eigenvalue weighted by atomic mass is 32.2. The van der Waals surface area contributed by atoms with Crippen molar-refractivity contribution in [2.75, 3.05) is 25.9 Å². The molecule has 0 fully saturated rings. The fourth-order valence-electron chi connectivity index (χ4n) is 1.53. The second kappa shape index (κ2) is 9.07. The molecule has 0 saturated heterocycles. The lowest BCUT2D eigenvalue weighted by molar-refractivity contribution is 0.297. The molecule has 0 heterocycles. The van der Waals surface area contributed by atoms with Crippen LogP contribution in [0.1, 0.15) is 26.7 Å². The first kappa shape index (κ1) is 14.8. The average Bonchev–Trinajstić information content (AvgIpc) is 2.16. The Hall–Kier alpha value is -0.190. The standard InChI is InChI=1S/C11H23NO2S/c1-4-8-12(3)10-11(5-2)7-6-9-15(13)14/h6-7,11H,4-5,8-10H2,1-3H3,(H,13,14)/b7-6-. The number of rotatable bonds is 8. The lowest BCUT2D eigenvalue weighted by atomic mass is 10.1. The molecule has 0 radical (unpaired) electrons. The Kier molecular flexibility index (Phi) is 8.95. The topological polar surface area (TPSA) is 40.5 Å². The van der Waals surface area contributed by atoms with Gasteiger partial charge >= 0.3 is 0 Å². The molecule has 0 aliphatic rings. The van der Waals surface area contributed by atoms with Gasteiger partial charge in [0.05, 0.1) is 5.75 Å². The maximum absolute atomic E-state index is 10.4. The van der Waals surface area contributed by atoms with Gasteiger partial charge in [-0.25, -0.2) is 4.21 Å². The van der Waals surface area contributed by atoms with Crippen LogP contribution in [0.4, 0.5) is 0 Å². The van der Waals surface area contributed by atoms with E-state index in [0.717, 1.165) is 25.9 Å². The van der Waals surface area contributed by atoms with Crippen LogP contribution in [0.15, 0.2) is 12.2 Å². The van der Waals surface area contributed by atoms with E-state index in [1.54, 1.807) is 0 Å². The molecule has 0 aliphatic heterocycles. The summed E-state index contributed by atoms with van der Waals surface area (Å²) in [7, 11) is 2.12. The first-order valence-corrected chi connectivity index (χ1v) is 6.80. The van der Waals surface area contributed by atoms with Crippen LogP contribution in [-0.2, 0) is 11.1 Å². The molecule has 0 aromatic carbocycles. The van der Waals surface area contributed by atoms with Crippen molar-refractivity contribution in [1.29, 1.82) is 0 Å². The first-order chi connectivity index (χ1) is 7.10. The zero-order valence-corrected chi connectivity index (χ0v) is 10.8. The first-order valence-electron chi connectivity index (χ1n) is 5.52. The van der Waals surface area contributed by atoms with Gasteiger partial charge in [-0.2, -0.15) is 0 Å². The van der Waals surface area contributed by atoms with Gasteiger partial charge in [-0.3, -0.25) is 0 Å². The van der Waals surface area contributed by atoms with E-state index in [9.17, 15) is 4.21 Å². The predicted molar refractivity (Wildman–Crippen MR) is 66.3 cm³/mol. The van der Waals surface area contributed by atoms with Crippen LogP contribution in [0.5, 0.6) is 0 Å². The minimum Gasteiger partial charge on any atom is -0.306 e. The van der Waals surface area contributed by atoms with E-state index >= 15 is 0 Å². The summed E-state index contributed by atoms with van der Waals surface area (Å²) in [6.45, 7) is 6.45. The van der Waals surface area contributed by atoms with Gasteiger partial charge in [0, 0.05) is 6.54 Å². The third kappa shape index (κ3) is 8.78. The summed E-state index contributed by atoms with van der Waals surface area (Å²) in [5.74, 6) is 0.735. The van der Waals surface area contributed by atoms with Crippen molar-refractivity contribution in [3.8, 4) is 0 Å². The minimum absolute atomic E-state index is 0.244. The summed E-state index contributed by atoms with van der Waals surface area (Å²) in [5.41, 5.74) is 0. The number of hydrogen-bond acceptors (Lipinski definition) is 2. The fourth-order valence-corrected chi connectivity index (χ4v) is 1.81. The minimum atomic E-state index is -1.70. The van der Waals surface area contributed by atoms with Crippen LogP contribution in [0.25, 0.3) is 0 Å². The van der Waals surface area contributed by atoms with Gasteiger partial charge in [0.25, 0.3) is 0 Å². The van der Waals surface area contributed by atoms with Gasteiger partial charge in [-0.1, -0.05) is 26.0 Å². The van der Waals surface area contributed by atoms with Crippen molar-refractivity contribution in [2.45, 2.75) is 26.7 Å². The van der Waals surface area contributed by atoms with E-state index in [1.165, 1.54) is 0 Å². The molecule has 0 saturated carbocycles.